The summed E-state index contributed by atoms with van der Waals surface area (Å²) in [5, 5.41) is 3.30. The zero-order chi connectivity index (χ0) is 17.2. The van der Waals surface area contributed by atoms with Gasteiger partial charge in [0.1, 0.15) is 0 Å². The van der Waals surface area contributed by atoms with E-state index in [0.29, 0.717) is 10.7 Å². The summed E-state index contributed by atoms with van der Waals surface area (Å²) in [5.41, 5.74) is 1.42. The Morgan fingerprint density at radius 2 is 1.74 bits per heavy atom. The van der Waals surface area contributed by atoms with Crippen LogP contribution < -0.4 is 10.0 Å². The second-order valence-corrected chi connectivity index (χ2v) is 7.47. The first-order valence-corrected chi connectivity index (χ1v) is 8.79. The van der Waals surface area contributed by atoms with Crippen molar-refractivity contribution in [2.24, 2.45) is 0 Å². The highest BCUT2D eigenvalue weighted by molar-refractivity contribution is 7.89. The highest BCUT2D eigenvalue weighted by atomic mass is 35.5. The molecule has 23 heavy (non-hydrogen) atoms. The Morgan fingerprint density at radius 3 is 2.35 bits per heavy atom. The molecule has 122 valence electrons. The topological polar surface area (TPSA) is 75.3 Å². The van der Waals surface area contributed by atoms with Crippen LogP contribution in [0.3, 0.4) is 0 Å². The van der Waals surface area contributed by atoms with E-state index in [2.05, 4.69) is 10.0 Å². The highest BCUT2D eigenvalue weighted by Crippen LogP contribution is 2.24. The minimum atomic E-state index is -3.67. The molecule has 2 N–H and O–H groups in total. The van der Waals surface area contributed by atoms with Gasteiger partial charge in [-0.1, -0.05) is 29.3 Å². The predicted octanol–water partition coefficient (Wildman–Crippen LogP) is 3.46. The van der Waals surface area contributed by atoms with Gasteiger partial charge in [-0.15, -0.1) is 0 Å². The molecule has 5 nitrogen and oxygen atoms in total. The number of amides is 1. The van der Waals surface area contributed by atoms with Gasteiger partial charge < -0.3 is 5.32 Å². The maximum Gasteiger partial charge on any atom is 0.257 e. The average Bonchev–Trinajstić information content (AvgIpc) is 2.51. The fourth-order valence-electron chi connectivity index (χ4n) is 1.83. The molecule has 1 amide bonds. The first-order valence-electron chi connectivity index (χ1n) is 6.55. The number of hydrogen-bond acceptors (Lipinski definition) is 3. The lowest BCUT2D eigenvalue weighted by Crippen LogP contribution is -2.20. The second kappa shape index (κ2) is 6.88. The number of sulfonamides is 1. The van der Waals surface area contributed by atoms with Gasteiger partial charge in [0.15, 0.2) is 0 Å². The van der Waals surface area contributed by atoms with Crippen molar-refractivity contribution in [3.05, 3.63) is 57.6 Å². The Bertz CT molecular complexity index is 867. The zero-order valence-corrected chi connectivity index (χ0v) is 14.7. The van der Waals surface area contributed by atoms with Gasteiger partial charge in [-0.05, 0) is 49.9 Å². The Balaban J connectivity index is 2.35. The normalized spacial score (nSPS) is 11.3. The minimum absolute atomic E-state index is 0.0449. The lowest BCUT2D eigenvalue weighted by atomic mass is 10.2. The van der Waals surface area contributed by atoms with E-state index in [1.165, 1.54) is 25.2 Å². The fraction of sp³-hybridized carbons (Fsp3) is 0.133. The standard InChI is InChI=1S/C15H14Cl2N2O3S/c1-9-3-4-10(7-14(9)17)19-15(20)12-8-11(5-6-13(12)16)23(21,22)18-2/h3-8,18H,1-2H3,(H,19,20). The van der Waals surface area contributed by atoms with Crippen molar-refractivity contribution in [1.82, 2.24) is 4.72 Å². The monoisotopic (exact) mass is 372 g/mol. The number of carbonyl (C=O) groups excluding carboxylic acids is 1. The third-order valence-corrected chi connectivity index (χ3v) is 5.34. The molecule has 0 aromatic heterocycles. The maximum absolute atomic E-state index is 12.3. The predicted molar refractivity (Wildman–Crippen MR) is 91.8 cm³/mol. The smallest absolute Gasteiger partial charge is 0.257 e. The zero-order valence-electron chi connectivity index (χ0n) is 12.4. The number of nitrogens with one attached hydrogen (secondary N) is 2. The summed E-state index contributed by atoms with van der Waals surface area (Å²) < 4.78 is 25.8. The summed E-state index contributed by atoms with van der Waals surface area (Å²) in [6.07, 6.45) is 0. The molecule has 0 unspecified atom stereocenters. The van der Waals surface area contributed by atoms with Crippen LogP contribution in [-0.4, -0.2) is 21.4 Å². The van der Waals surface area contributed by atoms with Gasteiger partial charge in [0, 0.05) is 10.7 Å². The lowest BCUT2D eigenvalue weighted by Gasteiger charge is -2.10. The van der Waals surface area contributed by atoms with E-state index >= 15 is 0 Å². The summed E-state index contributed by atoms with van der Waals surface area (Å²) >= 11 is 12.0. The molecule has 0 fully saturated rings. The van der Waals surface area contributed by atoms with E-state index < -0.39 is 15.9 Å². The van der Waals surface area contributed by atoms with Crippen molar-refractivity contribution in [1.29, 1.82) is 0 Å². The van der Waals surface area contributed by atoms with Crippen LogP contribution in [0.5, 0.6) is 0 Å². The van der Waals surface area contributed by atoms with Crippen molar-refractivity contribution in [2.75, 3.05) is 12.4 Å². The molecule has 0 radical (unpaired) electrons. The van der Waals surface area contributed by atoms with Crippen molar-refractivity contribution >= 4 is 44.8 Å². The van der Waals surface area contributed by atoms with Crippen LogP contribution >= 0.6 is 23.2 Å². The average molecular weight is 373 g/mol. The molecule has 0 aliphatic carbocycles. The number of hydrogen-bond donors (Lipinski definition) is 2. The number of carbonyl (C=O) groups is 1. The van der Waals surface area contributed by atoms with E-state index in [0.717, 1.165) is 5.56 Å². The molecule has 0 atom stereocenters. The van der Waals surface area contributed by atoms with Crippen molar-refractivity contribution in [2.45, 2.75) is 11.8 Å². The molecule has 0 bridgehead atoms. The van der Waals surface area contributed by atoms with Crippen molar-refractivity contribution < 1.29 is 13.2 Å². The number of rotatable bonds is 4. The molecule has 0 aliphatic rings. The van der Waals surface area contributed by atoms with Crippen molar-refractivity contribution in [3.63, 3.8) is 0 Å². The highest BCUT2D eigenvalue weighted by Gasteiger charge is 2.17. The molecule has 0 saturated carbocycles. The maximum atomic E-state index is 12.3. The van der Waals surface area contributed by atoms with Crippen LogP contribution in [0.2, 0.25) is 10.0 Å². The van der Waals surface area contributed by atoms with E-state index in [-0.39, 0.29) is 15.5 Å². The molecule has 0 saturated heterocycles. The van der Waals surface area contributed by atoms with Gasteiger partial charge in [0.05, 0.1) is 15.5 Å². The van der Waals surface area contributed by atoms with Crippen LogP contribution in [0.15, 0.2) is 41.3 Å². The van der Waals surface area contributed by atoms with Gasteiger partial charge in [0.2, 0.25) is 10.0 Å². The Kier molecular flexibility index (Phi) is 5.31. The Labute approximate surface area is 144 Å². The first-order chi connectivity index (χ1) is 10.7. The van der Waals surface area contributed by atoms with E-state index in [9.17, 15) is 13.2 Å². The SMILES string of the molecule is CNS(=O)(=O)c1ccc(Cl)c(C(=O)Nc2ccc(C)c(Cl)c2)c1. The summed E-state index contributed by atoms with van der Waals surface area (Å²) in [5.74, 6) is -0.525. The Morgan fingerprint density at radius 1 is 1.04 bits per heavy atom. The second-order valence-electron chi connectivity index (χ2n) is 4.77. The third kappa shape index (κ3) is 4.03. The number of benzene rings is 2. The van der Waals surface area contributed by atoms with Gasteiger partial charge >= 0.3 is 0 Å². The Hall–Kier alpha value is -1.60. The number of aryl methyl sites for hydroxylation is 1. The van der Waals surface area contributed by atoms with Crippen LogP contribution in [0.1, 0.15) is 15.9 Å². The van der Waals surface area contributed by atoms with Crippen LogP contribution in [0.4, 0.5) is 5.69 Å². The lowest BCUT2D eigenvalue weighted by molar-refractivity contribution is 0.102. The molecule has 0 heterocycles. The quantitative estimate of drug-likeness (QED) is 0.862. The minimum Gasteiger partial charge on any atom is -0.322 e. The molecule has 8 heteroatoms. The van der Waals surface area contributed by atoms with E-state index in [1.807, 2.05) is 6.92 Å². The third-order valence-electron chi connectivity index (χ3n) is 3.19. The largest absolute Gasteiger partial charge is 0.322 e. The molecule has 0 spiro atoms. The van der Waals surface area contributed by atoms with E-state index in [4.69, 9.17) is 23.2 Å². The van der Waals surface area contributed by atoms with Crippen LogP contribution in [0.25, 0.3) is 0 Å². The van der Waals surface area contributed by atoms with Crippen LogP contribution in [-0.2, 0) is 10.0 Å². The van der Waals surface area contributed by atoms with Crippen LogP contribution in [0, 0.1) is 6.92 Å². The van der Waals surface area contributed by atoms with Gasteiger partial charge in [-0.3, -0.25) is 4.79 Å². The molecular formula is C15H14Cl2N2O3S. The van der Waals surface area contributed by atoms with E-state index in [1.54, 1.807) is 18.2 Å². The summed E-state index contributed by atoms with van der Waals surface area (Å²) in [6, 6.07) is 8.98. The molecular weight excluding hydrogens is 359 g/mol. The fourth-order valence-corrected chi connectivity index (χ4v) is 2.97. The van der Waals surface area contributed by atoms with Gasteiger partial charge in [-0.25, -0.2) is 13.1 Å². The summed E-state index contributed by atoms with van der Waals surface area (Å²) in [7, 11) is -2.38. The molecule has 0 aliphatic heterocycles. The summed E-state index contributed by atoms with van der Waals surface area (Å²) in [6.45, 7) is 1.84. The number of halogens is 2. The van der Waals surface area contributed by atoms with Gasteiger partial charge in [-0.2, -0.15) is 0 Å². The summed E-state index contributed by atoms with van der Waals surface area (Å²) in [4.78, 5) is 12.3. The molecule has 2 aromatic rings. The molecule has 2 aromatic carbocycles. The molecule has 2 rings (SSSR count). The van der Waals surface area contributed by atoms with Crippen molar-refractivity contribution in [3.8, 4) is 0 Å². The number of anilines is 1. The first kappa shape index (κ1) is 17.7. The van der Waals surface area contributed by atoms with Gasteiger partial charge in [0.25, 0.3) is 5.91 Å².